The van der Waals surface area contributed by atoms with Gasteiger partial charge in [-0.25, -0.2) is 18.4 Å². The third kappa shape index (κ3) is 4.26. The lowest BCUT2D eigenvalue weighted by atomic mass is 9.84. The Labute approximate surface area is 207 Å². The molecule has 0 amide bonds. The zero-order chi connectivity index (χ0) is 24.0. The van der Waals surface area contributed by atoms with Gasteiger partial charge in [-0.05, 0) is 56.2 Å². The van der Waals surface area contributed by atoms with Crippen LogP contribution in [-0.2, 0) is 10.0 Å². The average Bonchev–Trinajstić information content (AvgIpc) is 3.48. The number of hydrogen-bond acceptors (Lipinski definition) is 9. The number of hydrogen-bond donors (Lipinski definition) is 3. The molecule has 3 N–H and O–H groups in total. The van der Waals surface area contributed by atoms with Crippen molar-refractivity contribution in [3.63, 3.8) is 0 Å². The molecule has 3 atom stereocenters. The van der Waals surface area contributed by atoms with Crippen molar-refractivity contribution in [1.82, 2.24) is 29.5 Å². The molecular weight excluding hydrogens is 484 g/mol. The Hall–Kier alpha value is -3.09. The maximum atomic E-state index is 13.4. The molecule has 0 unspecified atom stereocenters. The van der Waals surface area contributed by atoms with E-state index in [9.17, 15) is 8.42 Å². The van der Waals surface area contributed by atoms with E-state index in [0.29, 0.717) is 30.4 Å². The fourth-order valence-electron chi connectivity index (χ4n) is 5.26. The summed E-state index contributed by atoms with van der Waals surface area (Å²) < 4.78 is 28.5. The highest BCUT2D eigenvalue weighted by molar-refractivity contribution is 7.89. The smallest absolute Gasteiger partial charge is 0.261 e. The zero-order valence-electron chi connectivity index (χ0n) is 19.2. The fourth-order valence-corrected chi connectivity index (χ4v) is 7.85. The first-order valence-electron chi connectivity index (χ1n) is 11.7. The molecular formula is C23H26N8O2S2. The van der Waals surface area contributed by atoms with Crippen LogP contribution in [0.25, 0.3) is 10.2 Å². The Morgan fingerprint density at radius 2 is 1.97 bits per heavy atom. The van der Waals surface area contributed by atoms with Gasteiger partial charge in [-0.3, -0.25) is 5.10 Å². The number of nitrogens with one attached hydrogen (secondary N) is 3. The summed E-state index contributed by atoms with van der Waals surface area (Å²) in [6, 6.07) is 8.90. The zero-order valence-corrected chi connectivity index (χ0v) is 20.8. The molecule has 0 spiro atoms. The summed E-state index contributed by atoms with van der Waals surface area (Å²) in [4.78, 5) is 14.5. The van der Waals surface area contributed by atoms with Crippen LogP contribution in [0.15, 0.2) is 46.9 Å². The van der Waals surface area contributed by atoms with E-state index in [1.54, 1.807) is 33.8 Å². The van der Waals surface area contributed by atoms with Crippen LogP contribution in [0.1, 0.15) is 37.8 Å². The van der Waals surface area contributed by atoms with Crippen molar-refractivity contribution in [2.45, 2.75) is 62.2 Å². The normalized spacial score (nSPS) is 22.8. The number of H-pyrrole nitrogens is 1. The Balaban J connectivity index is 1.25. The SMILES string of the molecule is Cc1cc(Nc2nc(N[C@@H]3C[C@H]4CCC[C@@H](C3)N4S(=O)(=O)c3ccccn3)nc3sccc23)n[nH]1. The number of aromatic nitrogens is 5. The second kappa shape index (κ2) is 8.85. The quantitative estimate of drug-likeness (QED) is 0.354. The molecule has 2 aliphatic rings. The number of thiophene rings is 1. The molecule has 10 nitrogen and oxygen atoms in total. The van der Waals surface area contributed by atoms with Crippen molar-refractivity contribution >= 4 is 49.2 Å². The van der Waals surface area contributed by atoms with Crippen LogP contribution < -0.4 is 10.6 Å². The standard InChI is InChI=1S/C23H26N8O2S2/c1-14-11-19(30-29-14)26-21-18-8-10-34-22(18)28-23(27-21)25-15-12-16-5-4-6-17(13-15)31(16)35(32,33)20-7-2-3-9-24-20/h2-3,7-11,15-17H,4-6,12-13H2,1H3,(H3,25,26,27,28,29,30)/t15-,16-,17+. The first-order chi connectivity index (χ1) is 17.0. The second-order valence-corrected chi connectivity index (χ2v) is 11.8. The van der Waals surface area contributed by atoms with Gasteiger partial charge in [-0.2, -0.15) is 14.4 Å². The van der Waals surface area contributed by atoms with Crippen molar-refractivity contribution in [2.75, 3.05) is 10.6 Å². The molecule has 0 aromatic carbocycles. The maximum absolute atomic E-state index is 13.4. The molecule has 182 valence electrons. The summed E-state index contributed by atoms with van der Waals surface area (Å²) in [6.07, 6.45) is 5.66. The molecule has 6 heterocycles. The number of nitrogens with zero attached hydrogens (tertiary/aromatic N) is 5. The van der Waals surface area contributed by atoms with Crippen LogP contribution in [0, 0.1) is 6.92 Å². The van der Waals surface area contributed by atoms with Gasteiger partial charge in [0.05, 0.1) is 5.39 Å². The van der Waals surface area contributed by atoms with Crippen molar-refractivity contribution in [3.8, 4) is 0 Å². The third-order valence-electron chi connectivity index (χ3n) is 6.70. The van der Waals surface area contributed by atoms with Crippen LogP contribution in [0.5, 0.6) is 0 Å². The Bertz CT molecular complexity index is 1440. The molecule has 4 aromatic rings. The average molecular weight is 511 g/mol. The minimum Gasteiger partial charge on any atom is -0.351 e. The fraction of sp³-hybridized carbons (Fsp3) is 0.391. The molecule has 35 heavy (non-hydrogen) atoms. The van der Waals surface area contributed by atoms with E-state index in [0.717, 1.165) is 35.2 Å². The Kier molecular flexibility index (Phi) is 5.66. The summed E-state index contributed by atoms with van der Waals surface area (Å²) in [6.45, 7) is 1.95. The van der Waals surface area contributed by atoms with Crippen molar-refractivity contribution in [3.05, 3.63) is 47.6 Å². The number of sulfonamides is 1. The van der Waals surface area contributed by atoms with Gasteiger partial charge < -0.3 is 10.6 Å². The van der Waals surface area contributed by atoms with E-state index < -0.39 is 10.0 Å². The number of piperidine rings is 2. The lowest BCUT2D eigenvalue weighted by Crippen LogP contribution is -2.57. The number of rotatable bonds is 6. The minimum absolute atomic E-state index is 0.0675. The minimum atomic E-state index is -3.63. The molecule has 4 aromatic heterocycles. The van der Waals surface area contributed by atoms with Gasteiger partial charge in [0.25, 0.3) is 10.0 Å². The lowest BCUT2D eigenvalue weighted by molar-refractivity contribution is 0.115. The summed E-state index contributed by atoms with van der Waals surface area (Å²) >= 11 is 1.56. The summed E-state index contributed by atoms with van der Waals surface area (Å²) in [5.41, 5.74) is 0.959. The Morgan fingerprint density at radius 1 is 1.14 bits per heavy atom. The largest absolute Gasteiger partial charge is 0.351 e. The van der Waals surface area contributed by atoms with E-state index in [-0.39, 0.29) is 23.2 Å². The van der Waals surface area contributed by atoms with Gasteiger partial charge in [-0.15, -0.1) is 11.3 Å². The van der Waals surface area contributed by atoms with Crippen LogP contribution in [0.3, 0.4) is 0 Å². The number of aryl methyl sites for hydroxylation is 1. The first-order valence-corrected chi connectivity index (χ1v) is 14.0. The summed E-state index contributed by atoms with van der Waals surface area (Å²) in [5.74, 6) is 1.93. The van der Waals surface area contributed by atoms with Crippen molar-refractivity contribution < 1.29 is 8.42 Å². The van der Waals surface area contributed by atoms with Crippen LogP contribution in [-0.4, -0.2) is 56.0 Å². The molecule has 2 saturated heterocycles. The number of fused-ring (bicyclic) bond motifs is 3. The molecule has 12 heteroatoms. The van der Waals surface area contributed by atoms with E-state index in [1.165, 1.54) is 6.20 Å². The monoisotopic (exact) mass is 510 g/mol. The highest BCUT2D eigenvalue weighted by Gasteiger charge is 2.45. The van der Waals surface area contributed by atoms with Gasteiger partial charge in [0, 0.05) is 36.1 Å². The van der Waals surface area contributed by atoms with E-state index >= 15 is 0 Å². The number of pyridine rings is 1. The molecule has 6 rings (SSSR count). The molecule has 2 aliphatic heterocycles. The molecule has 0 saturated carbocycles. The van der Waals surface area contributed by atoms with Gasteiger partial charge in [0.1, 0.15) is 10.6 Å². The number of aromatic amines is 1. The summed E-state index contributed by atoms with van der Waals surface area (Å²) in [5, 5.41) is 17.1. The molecule has 2 fully saturated rings. The molecule has 0 aliphatic carbocycles. The maximum Gasteiger partial charge on any atom is 0.261 e. The second-order valence-electron chi connectivity index (χ2n) is 9.15. The van der Waals surface area contributed by atoms with E-state index in [4.69, 9.17) is 9.97 Å². The number of anilines is 3. The highest BCUT2D eigenvalue weighted by Crippen LogP contribution is 2.39. The van der Waals surface area contributed by atoms with Gasteiger partial charge in [0.15, 0.2) is 10.8 Å². The van der Waals surface area contributed by atoms with Crippen molar-refractivity contribution in [1.29, 1.82) is 0 Å². The van der Waals surface area contributed by atoms with Crippen molar-refractivity contribution in [2.24, 2.45) is 0 Å². The first kappa shape index (κ1) is 22.4. The molecule has 0 radical (unpaired) electrons. The molecule has 2 bridgehead atoms. The van der Waals surface area contributed by atoms with E-state index in [2.05, 4.69) is 25.8 Å². The summed E-state index contributed by atoms with van der Waals surface area (Å²) in [7, 11) is -3.63. The van der Waals surface area contributed by atoms with Gasteiger partial charge in [-0.1, -0.05) is 12.5 Å². The van der Waals surface area contributed by atoms with Gasteiger partial charge in [0.2, 0.25) is 5.95 Å². The van der Waals surface area contributed by atoms with Crippen LogP contribution >= 0.6 is 11.3 Å². The third-order valence-corrected chi connectivity index (χ3v) is 9.43. The topological polar surface area (TPSA) is 129 Å². The predicted molar refractivity (Wildman–Crippen MR) is 135 cm³/mol. The predicted octanol–water partition coefficient (Wildman–Crippen LogP) is 4.05. The van der Waals surface area contributed by atoms with Crippen LogP contribution in [0.2, 0.25) is 0 Å². The lowest BCUT2D eigenvalue weighted by Gasteiger charge is -2.47. The van der Waals surface area contributed by atoms with Crippen LogP contribution in [0.4, 0.5) is 17.6 Å². The van der Waals surface area contributed by atoms with E-state index in [1.807, 2.05) is 24.4 Å². The van der Waals surface area contributed by atoms with Gasteiger partial charge >= 0.3 is 0 Å². The Morgan fingerprint density at radius 3 is 2.69 bits per heavy atom. The highest BCUT2D eigenvalue weighted by atomic mass is 32.2.